The van der Waals surface area contributed by atoms with Crippen molar-refractivity contribution in [3.63, 3.8) is 0 Å². The van der Waals surface area contributed by atoms with Crippen LogP contribution in [0.15, 0.2) is 4.99 Å². The number of nitrogens with zero attached hydrogens (tertiary/aromatic N) is 2. The van der Waals surface area contributed by atoms with Crippen molar-refractivity contribution in [1.29, 1.82) is 0 Å². The molecule has 0 aromatic rings. The van der Waals surface area contributed by atoms with Gasteiger partial charge in [0.2, 0.25) is 0 Å². The predicted octanol–water partition coefficient (Wildman–Crippen LogP) is 2.36. The number of hydrogen-bond donors (Lipinski definition) is 0. The molecule has 1 heterocycles. The average Bonchev–Trinajstić information content (AvgIpc) is 2.59. The molecule has 1 saturated carbocycles. The summed E-state index contributed by atoms with van der Waals surface area (Å²) in [5.74, 6) is 1.12. The molecule has 1 aliphatic carbocycles. The molecule has 3 heteroatoms. The SMILES string of the molecule is CC1=NC2(CCCC2)C(=O)N1C(C)(C)C. The molecule has 15 heavy (non-hydrogen) atoms. The number of rotatable bonds is 0. The Labute approximate surface area is 91.6 Å². The molecule has 2 rings (SSSR count). The third-order valence-corrected chi connectivity index (χ3v) is 3.40. The van der Waals surface area contributed by atoms with E-state index in [0.29, 0.717) is 0 Å². The van der Waals surface area contributed by atoms with Crippen molar-refractivity contribution in [3.05, 3.63) is 0 Å². The van der Waals surface area contributed by atoms with Crippen LogP contribution in [0.5, 0.6) is 0 Å². The maximum atomic E-state index is 12.4. The van der Waals surface area contributed by atoms with Gasteiger partial charge >= 0.3 is 0 Å². The molecule has 0 bridgehead atoms. The lowest BCUT2D eigenvalue weighted by Gasteiger charge is -2.33. The molecule has 0 saturated heterocycles. The second-order valence-electron chi connectivity index (χ2n) is 5.71. The lowest BCUT2D eigenvalue weighted by molar-refractivity contribution is -0.134. The summed E-state index contributed by atoms with van der Waals surface area (Å²) >= 11 is 0. The minimum Gasteiger partial charge on any atom is -0.293 e. The molecule has 3 nitrogen and oxygen atoms in total. The Morgan fingerprint density at radius 2 is 1.80 bits per heavy atom. The van der Waals surface area contributed by atoms with E-state index in [-0.39, 0.29) is 17.0 Å². The van der Waals surface area contributed by atoms with E-state index in [1.165, 1.54) is 0 Å². The Kier molecular flexibility index (Phi) is 2.18. The number of amidine groups is 1. The fraction of sp³-hybridized carbons (Fsp3) is 0.833. The van der Waals surface area contributed by atoms with Crippen molar-refractivity contribution < 1.29 is 4.79 Å². The van der Waals surface area contributed by atoms with Crippen LogP contribution in [0.3, 0.4) is 0 Å². The summed E-state index contributed by atoms with van der Waals surface area (Å²) in [5, 5.41) is 0. The number of amides is 1. The van der Waals surface area contributed by atoms with Gasteiger partial charge in [-0.2, -0.15) is 0 Å². The van der Waals surface area contributed by atoms with Crippen molar-refractivity contribution in [2.45, 2.75) is 64.5 Å². The molecule has 0 aromatic carbocycles. The highest BCUT2D eigenvalue weighted by molar-refractivity contribution is 6.08. The number of carbonyl (C=O) groups excluding carboxylic acids is 1. The van der Waals surface area contributed by atoms with Crippen LogP contribution < -0.4 is 0 Å². The average molecular weight is 208 g/mol. The zero-order chi connectivity index (χ0) is 11.3. The van der Waals surface area contributed by atoms with Crippen LogP contribution in [0.4, 0.5) is 0 Å². The molecular weight excluding hydrogens is 188 g/mol. The first-order valence-electron chi connectivity index (χ1n) is 5.78. The van der Waals surface area contributed by atoms with Crippen molar-refractivity contribution in [2.75, 3.05) is 0 Å². The summed E-state index contributed by atoms with van der Waals surface area (Å²) in [6.07, 6.45) is 4.16. The highest BCUT2D eigenvalue weighted by Gasteiger charge is 2.51. The van der Waals surface area contributed by atoms with E-state index in [2.05, 4.69) is 25.8 Å². The van der Waals surface area contributed by atoms with Gasteiger partial charge < -0.3 is 0 Å². The fourth-order valence-corrected chi connectivity index (χ4v) is 2.84. The Hall–Kier alpha value is -0.860. The first kappa shape index (κ1) is 10.7. The minimum atomic E-state index is -0.378. The molecule has 84 valence electrons. The van der Waals surface area contributed by atoms with E-state index in [0.717, 1.165) is 31.5 Å². The van der Waals surface area contributed by atoms with Crippen LogP contribution in [-0.2, 0) is 4.79 Å². The van der Waals surface area contributed by atoms with E-state index in [1.54, 1.807) is 0 Å². The molecule has 2 aliphatic rings. The summed E-state index contributed by atoms with van der Waals surface area (Å²) in [6, 6.07) is 0. The number of carbonyl (C=O) groups is 1. The Morgan fingerprint density at radius 1 is 1.27 bits per heavy atom. The Morgan fingerprint density at radius 3 is 2.20 bits per heavy atom. The zero-order valence-corrected chi connectivity index (χ0v) is 10.1. The van der Waals surface area contributed by atoms with Gasteiger partial charge in [0.1, 0.15) is 11.4 Å². The van der Waals surface area contributed by atoms with Crippen LogP contribution in [0.2, 0.25) is 0 Å². The van der Waals surface area contributed by atoms with E-state index in [4.69, 9.17) is 0 Å². The predicted molar refractivity (Wildman–Crippen MR) is 60.9 cm³/mol. The normalized spacial score (nSPS) is 25.2. The van der Waals surface area contributed by atoms with Crippen LogP contribution in [0.25, 0.3) is 0 Å². The summed E-state index contributed by atoms with van der Waals surface area (Å²) < 4.78 is 0. The molecule has 0 atom stereocenters. The topological polar surface area (TPSA) is 32.7 Å². The number of hydrogen-bond acceptors (Lipinski definition) is 2. The summed E-state index contributed by atoms with van der Waals surface area (Å²) in [4.78, 5) is 18.9. The van der Waals surface area contributed by atoms with Crippen LogP contribution in [0.1, 0.15) is 53.4 Å². The molecule has 0 unspecified atom stereocenters. The summed E-state index contributed by atoms with van der Waals surface area (Å²) in [5.41, 5.74) is -0.520. The van der Waals surface area contributed by atoms with Gasteiger partial charge in [-0.3, -0.25) is 14.7 Å². The second kappa shape index (κ2) is 3.06. The van der Waals surface area contributed by atoms with Gasteiger partial charge in [-0.05, 0) is 40.5 Å². The lowest BCUT2D eigenvalue weighted by atomic mass is 9.96. The van der Waals surface area contributed by atoms with Crippen LogP contribution in [0, 0.1) is 0 Å². The van der Waals surface area contributed by atoms with E-state index in [1.807, 2.05) is 11.8 Å². The van der Waals surface area contributed by atoms with Gasteiger partial charge in [-0.15, -0.1) is 0 Å². The van der Waals surface area contributed by atoms with Crippen molar-refractivity contribution in [1.82, 2.24) is 4.90 Å². The van der Waals surface area contributed by atoms with Crippen LogP contribution in [-0.4, -0.2) is 27.7 Å². The molecule has 1 aliphatic heterocycles. The first-order chi connectivity index (χ1) is 6.87. The van der Waals surface area contributed by atoms with Crippen molar-refractivity contribution >= 4 is 11.7 Å². The van der Waals surface area contributed by atoms with Gasteiger partial charge in [0.25, 0.3) is 5.91 Å². The van der Waals surface area contributed by atoms with Gasteiger partial charge in [-0.25, -0.2) is 0 Å². The molecule has 0 aromatic heterocycles. The minimum absolute atomic E-state index is 0.142. The Balaban J connectivity index is 2.34. The third-order valence-electron chi connectivity index (χ3n) is 3.40. The highest BCUT2D eigenvalue weighted by Crippen LogP contribution is 2.40. The fourth-order valence-electron chi connectivity index (χ4n) is 2.84. The zero-order valence-electron chi connectivity index (χ0n) is 10.1. The number of aliphatic imine (C=N–C) groups is 1. The molecular formula is C12H20N2O. The summed E-state index contributed by atoms with van der Waals surface area (Å²) in [6.45, 7) is 8.16. The van der Waals surface area contributed by atoms with Gasteiger partial charge in [0.05, 0.1) is 0 Å². The largest absolute Gasteiger partial charge is 0.293 e. The smallest absolute Gasteiger partial charge is 0.256 e. The first-order valence-corrected chi connectivity index (χ1v) is 5.78. The highest BCUT2D eigenvalue weighted by atomic mass is 16.2. The van der Waals surface area contributed by atoms with Gasteiger partial charge in [0.15, 0.2) is 0 Å². The van der Waals surface area contributed by atoms with Crippen LogP contribution >= 0.6 is 0 Å². The second-order valence-corrected chi connectivity index (χ2v) is 5.71. The Bertz CT molecular complexity index is 319. The third kappa shape index (κ3) is 1.48. The summed E-state index contributed by atoms with van der Waals surface area (Å²) in [7, 11) is 0. The lowest BCUT2D eigenvalue weighted by Crippen LogP contribution is -2.50. The van der Waals surface area contributed by atoms with Gasteiger partial charge in [-0.1, -0.05) is 12.8 Å². The van der Waals surface area contributed by atoms with Crippen molar-refractivity contribution in [3.8, 4) is 0 Å². The molecule has 1 spiro atoms. The standard InChI is InChI=1S/C12H20N2O/c1-9-13-12(7-5-6-8-12)10(15)14(9)11(2,3)4/h5-8H2,1-4H3. The van der Waals surface area contributed by atoms with E-state index in [9.17, 15) is 4.79 Å². The van der Waals surface area contributed by atoms with E-state index >= 15 is 0 Å². The molecule has 0 radical (unpaired) electrons. The molecule has 1 amide bonds. The quantitative estimate of drug-likeness (QED) is 0.601. The van der Waals surface area contributed by atoms with Gasteiger partial charge in [0, 0.05) is 5.54 Å². The molecule has 0 N–H and O–H groups in total. The van der Waals surface area contributed by atoms with E-state index < -0.39 is 0 Å². The maximum Gasteiger partial charge on any atom is 0.256 e. The van der Waals surface area contributed by atoms with Crippen molar-refractivity contribution in [2.24, 2.45) is 4.99 Å². The maximum absolute atomic E-state index is 12.4. The molecule has 1 fully saturated rings. The monoisotopic (exact) mass is 208 g/mol.